The summed E-state index contributed by atoms with van der Waals surface area (Å²) in [6.45, 7) is 2.08. The lowest BCUT2D eigenvalue weighted by atomic mass is 10.1. The van der Waals surface area contributed by atoms with Crippen LogP contribution in [0.25, 0.3) is 0 Å². The summed E-state index contributed by atoms with van der Waals surface area (Å²) in [5.41, 5.74) is 2.03. The quantitative estimate of drug-likeness (QED) is 0.387. The Morgan fingerprint density at radius 1 is 1.64 bits per heavy atom. The first-order valence-electron chi connectivity index (χ1n) is 3.55. The Morgan fingerprint density at radius 3 is 2.91 bits per heavy atom. The molecule has 2 heteroatoms. The first kappa shape index (κ1) is 7.79. The van der Waals surface area contributed by atoms with Crippen LogP contribution in [0.5, 0.6) is 0 Å². The fourth-order valence-corrected chi connectivity index (χ4v) is 0.836. The zero-order valence-corrected chi connectivity index (χ0v) is 6.41. The first-order valence-corrected chi connectivity index (χ1v) is 3.55. The molecule has 0 atom stereocenters. The molecule has 11 heavy (non-hydrogen) atoms. The third kappa shape index (κ3) is 2.08. The van der Waals surface area contributed by atoms with Crippen molar-refractivity contribution < 1.29 is 5.21 Å². The molecule has 0 spiro atoms. The molecule has 0 unspecified atom stereocenters. The van der Waals surface area contributed by atoms with E-state index in [1.807, 2.05) is 12.1 Å². The van der Waals surface area contributed by atoms with Crippen LogP contribution in [-0.4, -0.2) is 11.4 Å². The summed E-state index contributed by atoms with van der Waals surface area (Å²) >= 11 is 0. The molecule has 0 aliphatic rings. The number of rotatable bonds is 2. The van der Waals surface area contributed by atoms with Crippen molar-refractivity contribution in [2.24, 2.45) is 5.16 Å². The van der Waals surface area contributed by atoms with Gasteiger partial charge in [-0.25, -0.2) is 0 Å². The minimum atomic E-state index is 0.865. The van der Waals surface area contributed by atoms with Gasteiger partial charge >= 0.3 is 0 Å². The molecule has 0 saturated heterocycles. The third-order valence-electron chi connectivity index (χ3n) is 1.49. The smallest absolute Gasteiger partial charge is 0.0734 e. The van der Waals surface area contributed by atoms with Gasteiger partial charge in [-0.1, -0.05) is 24.2 Å². The Balaban J connectivity index is 2.82. The van der Waals surface area contributed by atoms with E-state index in [1.54, 1.807) is 6.07 Å². The van der Waals surface area contributed by atoms with Crippen molar-refractivity contribution in [3.63, 3.8) is 0 Å². The molecule has 0 amide bonds. The lowest BCUT2D eigenvalue weighted by Gasteiger charge is -1.94. The number of benzene rings is 1. The molecule has 57 valence electrons. The highest BCUT2D eigenvalue weighted by atomic mass is 16.4. The molecule has 1 rings (SSSR count). The lowest BCUT2D eigenvalue weighted by molar-refractivity contribution is 0.322. The highest BCUT2D eigenvalue weighted by Crippen LogP contribution is 2.01. The highest BCUT2D eigenvalue weighted by Gasteiger charge is 1.89. The molecule has 1 aromatic carbocycles. The van der Waals surface area contributed by atoms with Gasteiger partial charge < -0.3 is 5.21 Å². The Hall–Kier alpha value is -1.31. The van der Waals surface area contributed by atoms with E-state index in [4.69, 9.17) is 5.21 Å². The highest BCUT2D eigenvalue weighted by molar-refractivity contribution is 5.78. The molecular formula is C9H10NO. The fraction of sp³-hybridized carbons (Fsp3) is 0.222. The van der Waals surface area contributed by atoms with Gasteiger partial charge in [-0.15, -0.1) is 0 Å². The minimum absolute atomic E-state index is 0.865. The molecule has 1 N–H and O–H groups in total. The summed E-state index contributed by atoms with van der Waals surface area (Å²) in [4.78, 5) is 0. The van der Waals surface area contributed by atoms with E-state index in [0.717, 1.165) is 12.0 Å². The average molecular weight is 148 g/mol. The number of aryl methyl sites for hydroxylation is 1. The fourth-order valence-electron chi connectivity index (χ4n) is 0.836. The summed E-state index contributed by atoms with van der Waals surface area (Å²) in [6, 6.07) is 8.74. The van der Waals surface area contributed by atoms with Crippen LogP contribution in [0, 0.1) is 6.07 Å². The maximum absolute atomic E-state index is 8.20. The van der Waals surface area contributed by atoms with Crippen LogP contribution in [0.3, 0.4) is 0 Å². The summed E-state index contributed by atoms with van der Waals surface area (Å²) < 4.78 is 0. The molecule has 0 aliphatic heterocycles. The van der Waals surface area contributed by atoms with Crippen LogP contribution >= 0.6 is 0 Å². The van der Waals surface area contributed by atoms with Gasteiger partial charge in [0, 0.05) is 0 Å². The van der Waals surface area contributed by atoms with Gasteiger partial charge in [0.25, 0.3) is 0 Å². The van der Waals surface area contributed by atoms with Crippen LogP contribution in [0.1, 0.15) is 18.1 Å². The van der Waals surface area contributed by atoms with Crippen molar-refractivity contribution in [1.29, 1.82) is 0 Å². The Kier molecular flexibility index (Phi) is 2.66. The SMILES string of the molecule is CCc1[c]cc(/C=N\O)cc1. The van der Waals surface area contributed by atoms with Crippen LogP contribution in [-0.2, 0) is 6.42 Å². The van der Waals surface area contributed by atoms with Crippen LogP contribution in [0.15, 0.2) is 23.4 Å². The molecule has 0 saturated carbocycles. The van der Waals surface area contributed by atoms with E-state index in [9.17, 15) is 0 Å². The predicted octanol–water partition coefficient (Wildman–Crippen LogP) is 1.86. The zero-order chi connectivity index (χ0) is 8.10. The Bertz CT molecular complexity index is 238. The number of oxime groups is 1. The molecule has 0 aliphatic carbocycles. The molecule has 2 nitrogen and oxygen atoms in total. The van der Waals surface area contributed by atoms with Gasteiger partial charge in [-0.3, -0.25) is 0 Å². The Labute approximate surface area is 66.2 Å². The lowest BCUT2D eigenvalue weighted by Crippen LogP contribution is -1.83. The Morgan fingerprint density at radius 2 is 2.45 bits per heavy atom. The zero-order valence-electron chi connectivity index (χ0n) is 6.41. The van der Waals surface area contributed by atoms with Crippen LogP contribution in [0.4, 0.5) is 0 Å². The van der Waals surface area contributed by atoms with Crippen molar-refractivity contribution in [1.82, 2.24) is 0 Å². The molecule has 0 heterocycles. The second-order valence-electron chi connectivity index (χ2n) is 2.25. The van der Waals surface area contributed by atoms with Gasteiger partial charge in [-0.2, -0.15) is 0 Å². The van der Waals surface area contributed by atoms with Crippen molar-refractivity contribution in [2.45, 2.75) is 13.3 Å². The van der Waals surface area contributed by atoms with E-state index in [0.29, 0.717) is 0 Å². The van der Waals surface area contributed by atoms with E-state index < -0.39 is 0 Å². The van der Waals surface area contributed by atoms with Gasteiger partial charge in [0.15, 0.2) is 0 Å². The molecule has 1 aromatic rings. The van der Waals surface area contributed by atoms with E-state index in [-0.39, 0.29) is 0 Å². The maximum atomic E-state index is 8.20. The van der Waals surface area contributed by atoms with Crippen molar-refractivity contribution in [3.8, 4) is 0 Å². The number of nitrogens with zero attached hydrogens (tertiary/aromatic N) is 1. The number of hydrogen-bond donors (Lipinski definition) is 1. The summed E-state index contributed by atoms with van der Waals surface area (Å²) in [5.74, 6) is 0. The minimum Gasteiger partial charge on any atom is -0.411 e. The van der Waals surface area contributed by atoms with Crippen molar-refractivity contribution in [2.75, 3.05) is 0 Å². The van der Waals surface area contributed by atoms with Gasteiger partial charge in [-0.05, 0) is 29.7 Å². The largest absolute Gasteiger partial charge is 0.411 e. The first-order chi connectivity index (χ1) is 5.36. The number of hydrogen-bond acceptors (Lipinski definition) is 2. The topological polar surface area (TPSA) is 32.6 Å². The second-order valence-corrected chi connectivity index (χ2v) is 2.25. The van der Waals surface area contributed by atoms with Crippen molar-refractivity contribution >= 4 is 6.21 Å². The molecule has 0 aromatic heterocycles. The average Bonchev–Trinajstić information content (AvgIpc) is 2.07. The van der Waals surface area contributed by atoms with E-state index >= 15 is 0 Å². The van der Waals surface area contributed by atoms with Gasteiger partial charge in [0.05, 0.1) is 6.21 Å². The standard InChI is InChI=1S/C9H10NO/c1-2-8-3-5-9(6-4-8)7-10-11/h3,5-7,11H,2H2,1H3/b10-7-. The molecule has 0 bridgehead atoms. The second kappa shape index (κ2) is 3.76. The third-order valence-corrected chi connectivity index (χ3v) is 1.49. The van der Waals surface area contributed by atoms with Gasteiger partial charge in [0.1, 0.15) is 0 Å². The predicted molar refractivity (Wildman–Crippen MR) is 44.0 cm³/mol. The van der Waals surface area contributed by atoms with E-state index in [2.05, 4.69) is 18.1 Å². The normalized spacial score (nSPS) is 10.6. The summed E-state index contributed by atoms with van der Waals surface area (Å²) in [5, 5.41) is 11.1. The molecule has 0 fully saturated rings. The summed E-state index contributed by atoms with van der Waals surface area (Å²) in [6.07, 6.45) is 2.37. The maximum Gasteiger partial charge on any atom is 0.0734 e. The van der Waals surface area contributed by atoms with E-state index in [1.165, 1.54) is 11.8 Å². The van der Waals surface area contributed by atoms with Gasteiger partial charge in [0.2, 0.25) is 0 Å². The summed E-state index contributed by atoms with van der Waals surface area (Å²) in [7, 11) is 0. The molecule has 1 radical (unpaired) electrons. The monoisotopic (exact) mass is 148 g/mol. The van der Waals surface area contributed by atoms with Crippen molar-refractivity contribution in [3.05, 3.63) is 35.4 Å². The van der Waals surface area contributed by atoms with Crippen LogP contribution in [0.2, 0.25) is 0 Å². The van der Waals surface area contributed by atoms with Crippen LogP contribution < -0.4 is 0 Å². The molecular weight excluding hydrogens is 138 g/mol.